The van der Waals surface area contributed by atoms with E-state index < -0.39 is 0 Å². The van der Waals surface area contributed by atoms with Crippen molar-refractivity contribution in [3.8, 4) is 0 Å². The molecule has 1 unspecified atom stereocenters. The van der Waals surface area contributed by atoms with Crippen LogP contribution in [0, 0.1) is 5.92 Å². The van der Waals surface area contributed by atoms with Gasteiger partial charge in [0.2, 0.25) is 0 Å². The lowest BCUT2D eigenvalue weighted by molar-refractivity contribution is 0.395. The fourth-order valence-electron chi connectivity index (χ4n) is 2.82. The largest absolute Gasteiger partial charge is 0.359 e. The standard InChI is InChI=1S/C16H26ClN3/c1-12(2)15-7-14(9-17)8-16(18-15)20(4)11-13-5-6-19(3)10-13/h7-8,12-13H,5-6,9-11H2,1-4H3. The third kappa shape index (κ3) is 3.86. The smallest absolute Gasteiger partial charge is 0.128 e. The van der Waals surface area contributed by atoms with Gasteiger partial charge in [0, 0.05) is 31.7 Å². The molecule has 20 heavy (non-hydrogen) atoms. The molecule has 1 atom stereocenters. The second-order valence-electron chi connectivity index (χ2n) is 6.34. The lowest BCUT2D eigenvalue weighted by Gasteiger charge is -2.23. The van der Waals surface area contributed by atoms with E-state index in [0.29, 0.717) is 11.8 Å². The molecule has 0 spiro atoms. The Hall–Kier alpha value is -0.800. The molecular weight excluding hydrogens is 270 g/mol. The summed E-state index contributed by atoms with van der Waals surface area (Å²) in [7, 11) is 4.34. The number of nitrogens with zero attached hydrogens (tertiary/aromatic N) is 3. The zero-order chi connectivity index (χ0) is 14.7. The minimum absolute atomic E-state index is 0.433. The normalized spacial score (nSPS) is 19.8. The van der Waals surface area contributed by atoms with Crippen LogP contribution in [0.25, 0.3) is 0 Å². The quantitative estimate of drug-likeness (QED) is 0.777. The number of anilines is 1. The van der Waals surface area contributed by atoms with Gasteiger partial charge in [-0.3, -0.25) is 0 Å². The molecule has 0 bridgehead atoms. The first-order chi connectivity index (χ1) is 9.49. The Kier molecular flexibility index (Phi) is 5.28. The van der Waals surface area contributed by atoms with Crippen LogP contribution in [0.5, 0.6) is 0 Å². The zero-order valence-corrected chi connectivity index (χ0v) is 13.8. The summed E-state index contributed by atoms with van der Waals surface area (Å²) in [6, 6.07) is 4.25. The SMILES string of the molecule is CC(C)c1cc(CCl)cc(N(C)CC2CCN(C)C2)n1. The Bertz CT molecular complexity index is 447. The molecule has 0 aliphatic carbocycles. The van der Waals surface area contributed by atoms with Gasteiger partial charge in [0.15, 0.2) is 0 Å². The number of rotatable bonds is 5. The van der Waals surface area contributed by atoms with Crippen LogP contribution in [0.2, 0.25) is 0 Å². The molecule has 1 aromatic rings. The maximum absolute atomic E-state index is 6.02. The highest BCUT2D eigenvalue weighted by atomic mass is 35.5. The van der Waals surface area contributed by atoms with Crippen LogP contribution in [-0.4, -0.2) is 43.6 Å². The third-order valence-corrected chi connectivity index (χ3v) is 4.36. The summed E-state index contributed by atoms with van der Waals surface area (Å²) >= 11 is 6.02. The first-order valence-corrected chi connectivity index (χ1v) is 7.99. The van der Waals surface area contributed by atoms with Crippen molar-refractivity contribution >= 4 is 17.4 Å². The van der Waals surface area contributed by atoms with Crippen molar-refractivity contribution in [1.82, 2.24) is 9.88 Å². The molecular formula is C16H26ClN3. The molecule has 0 saturated carbocycles. The summed E-state index contributed by atoms with van der Waals surface area (Å²) in [6.07, 6.45) is 1.28. The van der Waals surface area contributed by atoms with Crippen LogP contribution < -0.4 is 4.90 Å². The fourth-order valence-corrected chi connectivity index (χ4v) is 2.97. The van der Waals surface area contributed by atoms with Crippen molar-refractivity contribution in [3.05, 3.63) is 23.4 Å². The lowest BCUT2D eigenvalue weighted by Crippen LogP contribution is -2.28. The maximum Gasteiger partial charge on any atom is 0.128 e. The highest BCUT2D eigenvalue weighted by Gasteiger charge is 2.21. The first-order valence-electron chi connectivity index (χ1n) is 7.46. The number of aromatic nitrogens is 1. The minimum atomic E-state index is 0.433. The summed E-state index contributed by atoms with van der Waals surface area (Å²) in [5.41, 5.74) is 2.30. The van der Waals surface area contributed by atoms with Crippen LogP contribution in [0.3, 0.4) is 0 Å². The average Bonchev–Trinajstić information content (AvgIpc) is 2.83. The molecule has 1 aliphatic heterocycles. The second-order valence-corrected chi connectivity index (χ2v) is 6.61. The number of hydrogen-bond acceptors (Lipinski definition) is 3. The topological polar surface area (TPSA) is 19.4 Å². The van der Waals surface area contributed by atoms with Crippen molar-refractivity contribution in [2.24, 2.45) is 5.92 Å². The van der Waals surface area contributed by atoms with E-state index in [4.69, 9.17) is 16.6 Å². The van der Waals surface area contributed by atoms with Gasteiger partial charge in [-0.25, -0.2) is 4.98 Å². The van der Waals surface area contributed by atoms with Crippen LogP contribution in [-0.2, 0) is 5.88 Å². The number of hydrogen-bond donors (Lipinski definition) is 0. The molecule has 2 heterocycles. The molecule has 1 fully saturated rings. The molecule has 1 saturated heterocycles. The van der Waals surface area contributed by atoms with E-state index in [1.165, 1.54) is 19.5 Å². The molecule has 0 N–H and O–H groups in total. The van der Waals surface area contributed by atoms with Crippen molar-refractivity contribution in [1.29, 1.82) is 0 Å². The van der Waals surface area contributed by atoms with Crippen LogP contribution in [0.15, 0.2) is 12.1 Å². The molecule has 0 radical (unpaired) electrons. The van der Waals surface area contributed by atoms with Gasteiger partial charge in [0.05, 0.1) is 0 Å². The second kappa shape index (κ2) is 6.77. The summed E-state index contributed by atoms with van der Waals surface area (Å²) in [5.74, 6) is 2.79. The number of pyridine rings is 1. The van der Waals surface area contributed by atoms with Crippen LogP contribution in [0.4, 0.5) is 5.82 Å². The van der Waals surface area contributed by atoms with E-state index in [-0.39, 0.29) is 0 Å². The molecule has 3 nitrogen and oxygen atoms in total. The Morgan fingerprint density at radius 2 is 2.20 bits per heavy atom. The first kappa shape index (κ1) is 15.6. The Morgan fingerprint density at radius 1 is 1.45 bits per heavy atom. The van der Waals surface area contributed by atoms with E-state index in [2.05, 4.69) is 49.9 Å². The minimum Gasteiger partial charge on any atom is -0.359 e. The van der Waals surface area contributed by atoms with Gasteiger partial charge in [-0.2, -0.15) is 0 Å². The van der Waals surface area contributed by atoms with E-state index in [1.807, 2.05) is 0 Å². The molecule has 0 amide bonds. The molecule has 4 heteroatoms. The summed E-state index contributed by atoms with van der Waals surface area (Å²) in [5, 5.41) is 0. The number of likely N-dealkylation sites (tertiary alicyclic amines) is 1. The maximum atomic E-state index is 6.02. The zero-order valence-electron chi connectivity index (χ0n) is 13.1. The van der Waals surface area contributed by atoms with Gasteiger partial charge < -0.3 is 9.80 Å². The van der Waals surface area contributed by atoms with E-state index in [9.17, 15) is 0 Å². The van der Waals surface area contributed by atoms with Crippen molar-refractivity contribution in [3.63, 3.8) is 0 Å². The predicted molar refractivity (Wildman–Crippen MR) is 86.8 cm³/mol. The fraction of sp³-hybridized carbons (Fsp3) is 0.688. The summed E-state index contributed by atoms with van der Waals surface area (Å²) < 4.78 is 0. The Labute approximate surface area is 127 Å². The van der Waals surface area contributed by atoms with Crippen molar-refractivity contribution in [2.45, 2.75) is 32.1 Å². The lowest BCUT2D eigenvalue weighted by atomic mass is 10.1. The number of halogens is 1. The molecule has 112 valence electrons. The van der Waals surface area contributed by atoms with Crippen molar-refractivity contribution < 1.29 is 0 Å². The van der Waals surface area contributed by atoms with Crippen LogP contribution in [0.1, 0.15) is 37.4 Å². The Morgan fingerprint density at radius 3 is 2.75 bits per heavy atom. The highest BCUT2D eigenvalue weighted by molar-refractivity contribution is 6.17. The average molecular weight is 296 g/mol. The van der Waals surface area contributed by atoms with Gasteiger partial charge in [0.1, 0.15) is 5.82 Å². The highest BCUT2D eigenvalue weighted by Crippen LogP contribution is 2.23. The molecule has 1 aliphatic rings. The summed E-state index contributed by atoms with van der Waals surface area (Å²) in [4.78, 5) is 9.48. The van der Waals surface area contributed by atoms with E-state index in [1.54, 1.807) is 0 Å². The van der Waals surface area contributed by atoms with Gasteiger partial charge in [-0.05, 0) is 49.5 Å². The third-order valence-electron chi connectivity index (χ3n) is 4.05. The van der Waals surface area contributed by atoms with E-state index >= 15 is 0 Å². The monoisotopic (exact) mass is 295 g/mol. The summed E-state index contributed by atoms with van der Waals surface area (Å²) in [6.45, 7) is 7.83. The van der Waals surface area contributed by atoms with Gasteiger partial charge in [-0.1, -0.05) is 13.8 Å². The number of alkyl halides is 1. The van der Waals surface area contributed by atoms with Crippen LogP contribution >= 0.6 is 11.6 Å². The Balaban J connectivity index is 2.11. The van der Waals surface area contributed by atoms with Gasteiger partial charge in [-0.15, -0.1) is 11.6 Å². The van der Waals surface area contributed by atoms with Gasteiger partial charge >= 0.3 is 0 Å². The van der Waals surface area contributed by atoms with Gasteiger partial charge in [0.25, 0.3) is 0 Å². The molecule has 1 aromatic heterocycles. The van der Waals surface area contributed by atoms with Crippen molar-refractivity contribution in [2.75, 3.05) is 38.6 Å². The molecule has 2 rings (SSSR count). The predicted octanol–water partition coefficient (Wildman–Crippen LogP) is 3.33. The van der Waals surface area contributed by atoms with E-state index in [0.717, 1.165) is 29.5 Å². The molecule has 0 aromatic carbocycles.